The van der Waals surface area contributed by atoms with Crippen LogP contribution in [0.15, 0.2) is 12.4 Å². The number of hydrogen-bond acceptors (Lipinski definition) is 4. The van der Waals surface area contributed by atoms with Crippen LogP contribution in [0.1, 0.15) is 27.2 Å². The normalized spacial score (nSPS) is 11.4. The van der Waals surface area contributed by atoms with Crippen molar-refractivity contribution in [2.45, 2.75) is 27.2 Å². The van der Waals surface area contributed by atoms with Gasteiger partial charge < -0.3 is 11.1 Å². The fourth-order valence-electron chi connectivity index (χ4n) is 0.924. The second-order valence-electron chi connectivity index (χ2n) is 4.20. The van der Waals surface area contributed by atoms with E-state index < -0.39 is 0 Å². The zero-order chi connectivity index (χ0) is 10.6. The summed E-state index contributed by atoms with van der Waals surface area (Å²) in [7, 11) is 0. The molecule has 4 nitrogen and oxygen atoms in total. The molecule has 0 amide bonds. The summed E-state index contributed by atoms with van der Waals surface area (Å²) >= 11 is 0. The van der Waals surface area contributed by atoms with Gasteiger partial charge in [0.15, 0.2) is 0 Å². The molecule has 0 spiro atoms. The molecule has 0 saturated heterocycles. The Morgan fingerprint density at radius 1 is 1.43 bits per heavy atom. The van der Waals surface area contributed by atoms with Crippen molar-refractivity contribution < 1.29 is 0 Å². The topological polar surface area (TPSA) is 63.8 Å². The third kappa shape index (κ3) is 3.20. The fraction of sp³-hybridized carbons (Fsp3) is 0.600. The van der Waals surface area contributed by atoms with Gasteiger partial charge in [-0.25, -0.2) is 9.97 Å². The van der Waals surface area contributed by atoms with E-state index >= 15 is 0 Å². The summed E-state index contributed by atoms with van der Waals surface area (Å²) in [6.07, 6.45) is 2.59. The lowest BCUT2D eigenvalue weighted by atomic mass is 9.90. The molecule has 14 heavy (non-hydrogen) atoms. The minimum absolute atomic E-state index is 0.277. The van der Waals surface area contributed by atoms with E-state index in [4.69, 9.17) is 5.73 Å². The summed E-state index contributed by atoms with van der Waals surface area (Å²) in [6, 6.07) is 1.74. The molecule has 0 aromatic carbocycles. The molecule has 0 unspecified atom stereocenters. The molecule has 1 rings (SSSR count). The molecule has 0 bridgehead atoms. The van der Waals surface area contributed by atoms with Crippen molar-refractivity contribution in [1.82, 2.24) is 9.97 Å². The molecule has 0 aliphatic heterocycles. The van der Waals surface area contributed by atoms with Crippen LogP contribution in [0.25, 0.3) is 0 Å². The minimum Gasteiger partial charge on any atom is -0.384 e. The van der Waals surface area contributed by atoms with Crippen LogP contribution in [0, 0.1) is 5.41 Å². The van der Waals surface area contributed by atoms with E-state index in [1.54, 1.807) is 6.07 Å². The van der Waals surface area contributed by atoms with Gasteiger partial charge >= 0.3 is 0 Å². The second-order valence-corrected chi connectivity index (χ2v) is 4.20. The number of nitrogen functional groups attached to an aromatic ring is 1. The van der Waals surface area contributed by atoms with Gasteiger partial charge in [-0.2, -0.15) is 0 Å². The lowest BCUT2D eigenvalue weighted by molar-refractivity contribution is 0.376. The van der Waals surface area contributed by atoms with Crippen LogP contribution in [0.4, 0.5) is 11.6 Å². The van der Waals surface area contributed by atoms with E-state index in [1.807, 2.05) is 0 Å². The van der Waals surface area contributed by atoms with Crippen molar-refractivity contribution in [3.8, 4) is 0 Å². The Kier molecular flexibility index (Phi) is 3.28. The largest absolute Gasteiger partial charge is 0.384 e. The lowest BCUT2D eigenvalue weighted by Crippen LogP contribution is -2.22. The Bertz CT molecular complexity index is 296. The standard InChI is InChI=1S/C10H18N4/c1-4-10(2,3)6-12-9-5-8(11)13-7-14-9/h5,7H,4,6H2,1-3H3,(H3,11,12,13,14). The summed E-state index contributed by atoms with van der Waals surface area (Å²) in [6.45, 7) is 7.49. The molecule has 1 aromatic heterocycles. The molecule has 0 radical (unpaired) electrons. The summed E-state index contributed by atoms with van der Waals surface area (Å²) in [5.74, 6) is 1.29. The first-order valence-electron chi connectivity index (χ1n) is 4.85. The van der Waals surface area contributed by atoms with E-state index in [-0.39, 0.29) is 5.41 Å². The molecule has 1 aromatic rings. The fourth-order valence-corrected chi connectivity index (χ4v) is 0.924. The highest BCUT2D eigenvalue weighted by atomic mass is 15.0. The van der Waals surface area contributed by atoms with Crippen LogP contribution in [0.3, 0.4) is 0 Å². The maximum absolute atomic E-state index is 5.54. The van der Waals surface area contributed by atoms with Crippen molar-refractivity contribution in [2.24, 2.45) is 5.41 Å². The number of nitrogens with zero attached hydrogens (tertiary/aromatic N) is 2. The number of nitrogens with two attached hydrogens (primary N) is 1. The smallest absolute Gasteiger partial charge is 0.131 e. The molecular formula is C10H18N4. The zero-order valence-corrected chi connectivity index (χ0v) is 9.04. The van der Waals surface area contributed by atoms with E-state index in [9.17, 15) is 0 Å². The molecular weight excluding hydrogens is 176 g/mol. The molecule has 1 heterocycles. The molecule has 3 N–H and O–H groups in total. The highest BCUT2D eigenvalue weighted by molar-refractivity contribution is 5.43. The Labute approximate surface area is 85.0 Å². The van der Waals surface area contributed by atoms with Crippen LogP contribution in [-0.2, 0) is 0 Å². The summed E-state index contributed by atoms with van der Waals surface area (Å²) in [5, 5.41) is 3.25. The average molecular weight is 194 g/mol. The number of hydrogen-bond donors (Lipinski definition) is 2. The minimum atomic E-state index is 0.277. The first-order valence-corrected chi connectivity index (χ1v) is 4.85. The van der Waals surface area contributed by atoms with Crippen molar-refractivity contribution in [2.75, 3.05) is 17.6 Å². The van der Waals surface area contributed by atoms with Crippen LogP contribution < -0.4 is 11.1 Å². The molecule has 0 fully saturated rings. The highest BCUT2D eigenvalue weighted by Gasteiger charge is 2.14. The number of aromatic nitrogens is 2. The van der Waals surface area contributed by atoms with Gasteiger partial charge in [0.25, 0.3) is 0 Å². The first kappa shape index (κ1) is 10.8. The molecule has 4 heteroatoms. The SMILES string of the molecule is CCC(C)(C)CNc1cc(N)ncn1. The second kappa shape index (κ2) is 4.26. The lowest BCUT2D eigenvalue weighted by Gasteiger charge is -2.23. The van der Waals surface area contributed by atoms with Crippen molar-refractivity contribution in [1.29, 1.82) is 0 Å². The Morgan fingerprint density at radius 2 is 2.14 bits per heavy atom. The van der Waals surface area contributed by atoms with Crippen molar-refractivity contribution >= 4 is 11.6 Å². The maximum atomic E-state index is 5.54. The summed E-state index contributed by atoms with van der Waals surface area (Å²) < 4.78 is 0. The average Bonchev–Trinajstić information content (AvgIpc) is 2.15. The van der Waals surface area contributed by atoms with Gasteiger partial charge in [0.1, 0.15) is 18.0 Å². The van der Waals surface area contributed by atoms with Crippen molar-refractivity contribution in [3.05, 3.63) is 12.4 Å². The van der Waals surface area contributed by atoms with Gasteiger partial charge in [-0.1, -0.05) is 20.8 Å². The Hall–Kier alpha value is -1.32. The molecule has 0 atom stereocenters. The van der Waals surface area contributed by atoms with Crippen LogP contribution in [0.5, 0.6) is 0 Å². The van der Waals surface area contributed by atoms with E-state index in [2.05, 4.69) is 36.1 Å². The third-order valence-electron chi connectivity index (χ3n) is 2.39. The number of anilines is 2. The summed E-state index contributed by atoms with van der Waals surface area (Å²) in [4.78, 5) is 7.91. The van der Waals surface area contributed by atoms with Crippen LogP contribution in [0.2, 0.25) is 0 Å². The summed E-state index contributed by atoms with van der Waals surface area (Å²) in [5.41, 5.74) is 5.82. The number of nitrogens with one attached hydrogen (secondary N) is 1. The predicted molar refractivity (Wildman–Crippen MR) is 59.0 cm³/mol. The molecule has 0 saturated carbocycles. The maximum Gasteiger partial charge on any atom is 0.131 e. The van der Waals surface area contributed by atoms with Crippen LogP contribution in [-0.4, -0.2) is 16.5 Å². The highest BCUT2D eigenvalue weighted by Crippen LogP contribution is 2.19. The quantitative estimate of drug-likeness (QED) is 0.768. The Balaban J connectivity index is 2.54. The number of rotatable bonds is 4. The molecule has 78 valence electrons. The molecule has 0 aliphatic rings. The van der Waals surface area contributed by atoms with Gasteiger partial charge in [-0.15, -0.1) is 0 Å². The van der Waals surface area contributed by atoms with Gasteiger partial charge in [0, 0.05) is 12.6 Å². The van der Waals surface area contributed by atoms with E-state index in [0.717, 1.165) is 18.8 Å². The van der Waals surface area contributed by atoms with Crippen molar-refractivity contribution in [3.63, 3.8) is 0 Å². The van der Waals surface area contributed by atoms with E-state index in [0.29, 0.717) is 5.82 Å². The van der Waals surface area contributed by atoms with Gasteiger partial charge in [0.05, 0.1) is 0 Å². The monoisotopic (exact) mass is 194 g/mol. The van der Waals surface area contributed by atoms with Gasteiger partial charge in [-0.3, -0.25) is 0 Å². The third-order valence-corrected chi connectivity index (χ3v) is 2.39. The first-order chi connectivity index (χ1) is 6.53. The zero-order valence-electron chi connectivity index (χ0n) is 9.04. The van der Waals surface area contributed by atoms with Crippen LogP contribution >= 0.6 is 0 Å². The molecule has 0 aliphatic carbocycles. The Morgan fingerprint density at radius 3 is 2.71 bits per heavy atom. The predicted octanol–water partition coefficient (Wildman–Crippen LogP) is 1.91. The van der Waals surface area contributed by atoms with Gasteiger partial charge in [0.2, 0.25) is 0 Å². The van der Waals surface area contributed by atoms with Gasteiger partial charge in [-0.05, 0) is 11.8 Å². The van der Waals surface area contributed by atoms with E-state index in [1.165, 1.54) is 6.33 Å².